The SMILES string of the molecule is C[C@@H]([C@@H](Cc1ccc(Cl)c(Cl)c1)OC(=O)c1ccc2ccccc2c1)N(C)C(=O)Cc1ccc(C(=O)O)c(C(=O)O)c1. The van der Waals surface area contributed by atoms with Crippen LogP contribution in [0.1, 0.15) is 49.1 Å². The summed E-state index contributed by atoms with van der Waals surface area (Å²) >= 11 is 12.3. The van der Waals surface area contributed by atoms with Gasteiger partial charge in [-0.1, -0.05) is 65.7 Å². The summed E-state index contributed by atoms with van der Waals surface area (Å²) in [6.45, 7) is 1.74. The predicted octanol–water partition coefficient (Wildman–Crippen LogP) is 6.40. The summed E-state index contributed by atoms with van der Waals surface area (Å²) < 4.78 is 5.98. The van der Waals surface area contributed by atoms with Crippen LogP contribution in [0, 0.1) is 0 Å². The lowest BCUT2D eigenvalue weighted by Gasteiger charge is -2.32. The molecule has 0 bridgehead atoms. The van der Waals surface area contributed by atoms with Crippen molar-refractivity contribution in [2.75, 3.05) is 7.05 Å². The molecular formula is C32H27Cl2NO7. The minimum Gasteiger partial charge on any atom is -0.478 e. The summed E-state index contributed by atoms with van der Waals surface area (Å²) in [5, 5.41) is 21.3. The van der Waals surface area contributed by atoms with Crippen LogP contribution in [-0.2, 0) is 22.4 Å². The van der Waals surface area contributed by atoms with Crippen LogP contribution >= 0.6 is 23.2 Å². The van der Waals surface area contributed by atoms with Gasteiger partial charge in [-0.15, -0.1) is 0 Å². The summed E-state index contributed by atoms with van der Waals surface area (Å²) in [6, 6.07) is 21.1. The molecule has 2 atom stereocenters. The second-order valence-electron chi connectivity index (χ2n) is 9.87. The first-order valence-corrected chi connectivity index (χ1v) is 13.7. The molecule has 0 radical (unpaired) electrons. The maximum Gasteiger partial charge on any atom is 0.338 e. The van der Waals surface area contributed by atoms with Gasteiger partial charge in [0.05, 0.1) is 39.2 Å². The van der Waals surface area contributed by atoms with Crippen molar-refractivity contribution >= 4 is 57.8 Å². The number of carboxylic acids is 2. The van der Waals surface area contributed by atoms with Gasteiger partial charge in [0.25, 0.3) is 0 Å². The molecule has 0 heterocycles. The van der Waals surface area contributed by atoms with E-state index in [9.17, 15) is 29.4 Å². The predicted molar refractivity (Wildman–Crippen MR) is 160 cm³/mol. The smallest absolute Gasteiger partial charge is 0.338 e. The van der Waals surface area contributed by atoms with Crippen LogP contribution in [0.15, 0.2) is 78.9 Å². The molecule has 0 aliphatic carbocycles. The standard InChI is InChI=1S/C32H27Cl2NO7/c1-18(35(2)29(36)16-19-7-11-24(30(37)38)25(13-19)31(39)40)28(15-20-8-12-26(33)27(34)14-20)42-32(41)23-10-9-21-5-3-4-6-22(21)17-23/h3-14,17-18,28H,15-16H2,1-2H3,(H,37,38)(H,39,40)/t18-,28+/m0/s1. The molecule has 4 rings (SSSR count). The highest BCUT2D eigenvalue weighted by Gasteiger charge is 2.29. The fourth-order valence-electron chi connectivity index (χ4n) is 4.57. The van der Waals surface area contributed by atoms with E-state index in [-0.39, 0.29) is 24.3 Å². The van der Waals surface area contributed by atoms with E-state index in [1.165, 1.54) is 17.0 Å². The van der Waals surface area contributed by atoms with Gasteiger partial charge in [0.2, 0.25) is 5.91 Å². The van der Waals surface area contributed by atoms with Gasteiger partial charge in [-0.2, -0.15) is 0 Å². The van der Waals surface area contributed by atoms with Gasteiger partial charge in [0.15, 0.2) is 0 Å². The first-order chi connectivity index (χ1) is 19.9. The lowest BCUT2D eigenvalue weighted by Crippen LogP contribution is -2.46. The number of esters is 1. The Kier molecular flexibility index (Phi) is 9.50. The first-order valence-electron chi connectivity index (χ1n) is 12.9. The zero-order valence-electron chi connectivity index (χ0n) is 22.7. The summed E-state index contributed by atoms with van der Waals surface area (Å²) in [7, 11) is 1.56. The van der Waals surface area contributed by atoms with Crippen LogP contribution in [0.2, 0.25) is 10.0 Å². The van der Waals surface area contributed by atoms with E-state index in [2.05, 4.69) is 0 Å². The maximum absolute atomic E-state index is 13.3. The third-order valence-electron chi connectivity index (χ3n) is 7.11. The molecule has 0 fully saturated rings. The summed E-state index contributed by atoms with van der Waals surface area (Å²) in [5.74, 6) is -3.74. The number of amides is 1. The Bertz CT molecular complexity index is 1690. The number of hydrogen-bond acceptors (Lipinski definition) is 5. The minimum absolute atomic E-state index is 0.195. The van der Waals surface area contributed by atoms with E-state index in [1.54, 1.807) is 44.3 Å². The number of carbonyl (C=O) groups is 4. The molecule has 0 spiro atoms. The minimum atomic E-state index is -1.41. The highest BCUT2D eigenvalue weighted by molar-refractivity contribution is 6.42. The van der Waals surface area contributed by atoms with Crippen LogP contribution in [-0.4, -0.2) is 58.1 Å². The van der Waals surface area contributed by atoms with Gasteiger partial charge in [-0.25, -0.2) is 14.4 Å². The average molecular weight is 608 g/mol. The molecular weight excluding hydrogens is 581 g/mol. The molecule has 8 nitrogen and oxygen atoms in total. The second kappa shape index (κ2) is 13.1. The Morgan fingerprint density at radius 1 is 0.786 bits per heavy atom. The van der Waals surface area contributed by atoms with Crippen molar-refractivity contribution in [3.63, 3.8) is 0 Å². The maximum atomic E-state index is 13.3. The van der Waals surface area contributed by atoms with Gasteiger partial charge in [-0.05, 0) is 65.2 Å². The van der Waals surface area contributed by atoms with E-state index >= 15 is 0 Å². The largest absolute Gasteiger partial charge is 0.478 e. The molecule has 0 aliphatic heterocycles. The van der Waals surface area contributed by atoms with Crippen molar-refractivity contribution in [2.24, 2.45) is 0 Å². The number of aromatic carboxylic acids is 2. The van der Waals surface area contributed by atoms with Crippen molar-refractivity contribution in [3.8, 4) is 0 Å². The third-order valence-corrected chi connectivity index (χ3v) is 7.85. The Hall–Kier alpha value is -4.40. The lowest BCUT2D eigenvalue weighted by molar-refractivity contribution is -0.133. The Morgan fingerprint density at radius 2 is 1.45 bits per heavy atom. The van der Waals surface area contributed by atoms with Crippen molar-refractivity contribution < 1.29 is 34.1 Å². The third kappa shape index (κ3) is 7.08. The molecule has 216 valence electrons. The van der Waals surface area contributed by atoms with E-state index in [4.69, 9.17) is 27.9 Å². The normalized spacial score (nSPS) is 12.4. The molecule has 10 heteroatoms. The number of rotatable bonds is 10. The van der Waals surface area contributed by atoms with Crippen molar-refractivity contribution in [1.82, 2.24) is 4.90 Å². The molecule has 0 aromatic heterocycles. The summed E-state index contributed by atoms with van der Waals surface area (Å²) in [4.78, 5) is 51.0. The highest BCUT2D eigenvalue weighted by Crippen LogP contribution is 2.25. The molecule has 0 saturated carbocycles. The second-order valence-corrected chi connectivity index (χ2v) is 10.7. The Balaban J connectivity index is 1.58. The molecule has 0 saturated heterocycles. The number of hydrogen-bond donors (Lipinski definition) is 2. The zero-order chi connectivity index (χ0) is 30.6. The van der Waals surface area contributed by atoms with Crippen molar-refractivity contribution in [3.05, 3.63) is 117 Å². The number of fused-ring (bicyclic) bond motifs is 1. The van der Waals surface area contributed by atoms with Gasteiger partial charge in [-0.3, -0.25) is 4.79 Å². The van der Waals surface area contributed by atoms with Crippen LogP contribution < -0.4 is 0 Å². The monoisotopic (exact) mass is 607 g/mol. The van der Waals surface area contributed by atoms with E-state index in [1.807, 2.05) is 30.3 Å². The number of ether oxygens (including phenoxy) is 1. The number of likely N-dealkylation sites (N-methyl/N-ethyl adjacent to an activating group) is 1. The number of halogens is 2. The number of benzene rings is 4. The topological polar surface area (TPSA) is 121 Å². The van der Waals surface area contributed by atoms with Crippen LogP contribution in [0.4, 0.5) is 0 Å². The molecule has 4 aromatic carbocycles. The molecule has 0 aliphatic rings. The lowest BCUT2D eigenvalue weighted by atomic mass is 9.99. The number of carboxylic acid groups (broad SMARTS) is 2. The molecule has 1 amide bonds. The number of nitrogens with zero attached hydrogens (tertiary/aromatic N) is 1. The first kappa shape index (κ1) is 30.6. The molecule has 0 unspecified atom stereocenters. The Morgan fingerprint density at radius 3 is 2.12 bits per heavy atom. The number of carbonyl (C=O) groups excluding carboxylic acids is 2. The van der Waals surface area contributed by atoms with E-state index in [0.29, 0.717) is 21.2 Å². The van der Waals surface area contributed by atoms with Gasteiger partial charge in [0.1, 0.15) is 6.10 Å². The molecule has 42 heavy (non-hydrogen) atoms. The summed E-state index contributed by atoms with van der Waals surface area (Å²) in [6.07, 6.45) is -0.760. The van der Waals surface area contributed by atoms with E-state index in [0.717, 1.165) is 22.4 Å². The van der Waals surface area contributed by atoms with Gasteiger partial charge >= 0.3 is 17.9 Å². The van der Waals surface area contributed by atoms with Gasteiger partial charge in [0, 0.05) is 13.5 Å². The van der Waals surface area contributed by atoms with Gasteiger partial charge < -0.3 is 19.8 Å². The Labute approximate surface area is 252 Å². The van der Waals surface area contributed by atoms with Crippen LogP contribution in [0.3, 0.4) is 0 Å². The average Bonchev–Trinajstić information content (AvgIpc) is 2.97. The summed E-state index contributed by atoms with van der Waals surface area (Å²) in [5.41, 5.74) is 0.640. The highest BCUT2D eigenvalue weighted by atomic mass is 35.5. The molecule has 4 aromatic rings. The van der Waals surface area contributed by atoms with E-state index < -0.39 is 35.6 Å². The van der Waals surface area contributed by atoms with Crippen LogP contribution in [0.5, 0.6) is 0 Å². The zero-order valence-corrected chi connectivity index (χ0v) is 24.2. The molecule has 2 N–H and O–H groups in total. The quantitative estimate of drug-likeness (QED) is 0.200. The fourth-order valence-corrected chi connectivity index (χ4v) is 4.89. The van der Waals surface area contributed by atoms with Crippen molar-refractivity contribution in [2.45, 2.75) is 31.9 Å². The fraction of sp³-hybridized carbons (Fsp3) is 0.188. The van der Waals surface area contributed by atoms with Crippen molar-refractivity contribution in [1.29, 1.82) is 0 Å². The van der Waals surface area contributed by atoms with Crippen LogP contribution in [0.25, 0.3) is 10.8 Å².